The minimum Gasteiger partial charge on any atom is -0.480 e. The molecule has 1 aromatic heterocycles. The Labute approximate surface area is 186 Å². The maximum absolute atomic E-state index is 11.1. The number of rotatable bonds is 14. The number of aryl methyl sites for hydroxylation is 2. The van der Waals surface area contributed by atoms with Crippen molar-refractivity contribution < 1.29 is 9.90 Å². The fourth-order valence-corrected chi connectivity index (χ4v) is 3.73. The summed E-state index contributed by atoms with van der Waals surface area (Å²) in [5.41, 5.74) is 4.06. The molecule has 1 heterocycles. The van der Waals surface area contributed by atoms with Crippen LogP contribution in [0.15, 0.2) is 36.7 Å². The topological polar surface area (TPSA) is 86.9 Å². The highest BCUT2D eigenvalue weighted by atomic mass is 16.4. The van der Waals surface area contributed by atoms with Crippen molar-refractivity contribution in [3.05, 3.63) is 47.9 Å². The minimum absolute atomic E-state index is 0.183. The molecule has 0 aliphatic carbocycles. The van der Waals surface area contributed by atoms with Crippen LogP contribution in [0.25, 0.3) is 11.3 Å². The number of carboxylic acid groups (broad SMARTS) is 1. The number of aliphatic carboxylic acids is 1. The van der Waals surface area contributed by atoms with Crippen LogP contribution in [0.2, 0.25) is 0 Å². The van der Waals surface area contributed by atoms with Gasteiger partial charge in [-0.2, -0.15) is 5.26 Å². The van der Waals surface area contributed by atoms with Gasteiger partial charge in [0.15, 0.2) is 0 Å². The molecular weight excluding hydrogens is 386 g/mol. The monoisotopic (exact) mass is 421 g/mol. The summed E-state index contributed by atoms with van der Waals surface area (Å²) >= 11 is 0. The van der Waals surface area contributed by atoms with Crippen LogP contribution in [0.4, 0.5) is 0 Å². The zero-order valence-electron chi connectivity index (χ0n) is 18.9. The van der Waals surface area contributed by atoms with Crippen molar-refractivity contribution in [3.8, 4) is 17.3 Å². The molecule has 0 radical (unpaired) electrons. The van der Waals surface area contributed by atoms with E-state index in [1.54, 1.807) is 0 Å². The van der Waals surface area contributed by atoms with Gasteiger partial charge in [-0.1, -0.05) is 76.6 Å². The second kappa shape index (κ2) is 13.5. The van der Waals surface area contributed by atoms with Gasteiger partial charge in [-0.25, -0.2) is 0 Å². The van der Waals surface area contributed by atoms with Crippen molar-refractivity contribution in [2.75, 3.05) is 0 Å². The van der Waals surface area contributed by atoms with E-state index >= 15 is 0 Å². The van der Waals surface area contributed by atoms with Crippen molar-refractivity contribution in [2.24, 2.45) is 11.8 Å². The van der Waals surface area contributed by atoms with Crippen molar-refractivity contribution in [1.82, 2.24) is 9.97 Å². The van der Waals surface area contributed by atoms with E-state index in [2.05, 4.69) is 16.9 Å². The first-order valence-corrected chi connectivity index (χ1v) is 11.6. The van der Waals surface area contributed by atoms with Gasteiger partial charge in [-0.3, -0.25) is 14.8 Å². The summed E-state index contributed by atoms with van der Waals surface area (Å²) in [7, 11) is 0. The third-order valence-corrected chi connectivity index (χ3v) is 5.85. The lowest BCUT2D eigenvalue weighted by Crippen LogP contribution is -2.20. The summed E-state index contributed by atoms with van der Waals surface area (Å²) in [6.45, 7) is 4.06. The van der Waals surface area contributed by atoms with Gasteiger partial charge in [0.1, 0.15) is 5.92 Å². The van der Waals surface area contributed by atoms with E-state index in [9.17, 15) is 4.79 Å². The number of aromatic nitrogens is 2. The first-order valence-electron chi connectivity index (χ1n) is 11.6. The molecule has 0 aliphatic heterocycles. The largest absolute Gasteiger partial charge is 0.480 e. The Balaban J connectivity index is 1.79. The molecule has 166 valence electrons. The molecule has 0 aliphatic rings. The second-order valence-electron chi connectivity index (χ2n) is 8.42. The van der Waals surface area contributed by atoms with E-state index in [-0.39, 0.29) is 5.92 Å². The summed E-state index contributed by atoms with van der Waals surface area (Å²) in [4.78, 5) is 20.3. The highest BCUT2D eigenvalue weighted by Crippen LogP contribution is 2.21. The quantitative estimate of drug-likeness (QED) is 0.365. The Morgan fingerprint density at radius 3 is 2.26 bits per heavy atom. The van der Waals surface area contributed by atoms with Crippen LogP contribution in [0, 0.1) is 23.2 Å². The van der Waals surface area contributed by atoms with E-state index in [0.29, 0.717) is 6.42 Å². The van der Waals surface area contributed by atoms with E-state index in [4.69, 9.17) is 10.4 Å². The molecule has 5 nitrogen and oxygen atoms in total. The van der Waals surface area contributed by atoms with E-state index < -0.39 is 11.9 Å². The standard InChI is InChI=1S/C26H35N3O2/c1-3-4-5-6-7-8-9-10-23-18-29-25(19-28-23)22-15-13-21(14-16-22)12-11-20(2)24(17-27)26(30)31/h13-16,18-20,24H,3-12H2,1-2H3,(H,30,31). The van der Waals surface area contributed by atoms with Crippen LogP contribution >= 0.6 is 0 Å². The lowest BCUT2D eigenvalue weighted by Gasteiger charge is -2.13. The predicted octanol–water partition coefficient (Wildman–Crippen LogP) is 6.23. The third kappa shape index (κ3) is 8.49. The van der Waals surface area contributed by atoms with Gasteiger partial charge in [0, 0.05) is 11.8 Å². The fraction of sp³-hybridized carbons (Fsp3) is 0.538. The minimum atomic E-state index is -1.04. The van der Waals surface area contributed by atoms with Crippen molar-refractivity contribution in [2.45, 2.75) is 78.1 Å². The van der Waals surface area contributed by atoms with E-state index in [0.717, 1.165) is 35.4 Å². The van der Waals surface area contributed by atoms with Gasteiger partial charge >= 0.3 is 5.97 Å². The zero-order chi connectivity index (χ0) is 22.5. The molecule has 0 bridgehead atoms. The molecule has 2 atom stereocenters. The molecule has 2 rings (SSSR count). The Hall–Kier alpha value is -2.74. The summed E-state index contributed by atoms with van der Waals surface area (Å²) in [6.07, 6.45) is 15.2. The van der Waals surface area contributed by atoms with Crippen molar-refractivity contribution >= 4 is 5.97 Å². The van der Waals surface area contributed by atoms with Crippen LogP contribution < -0.4 is 0 Å². The molecule has 0 saturated carbocycles. The second-order valence-corrected chi connectivity index (χ2v) is 8.42. The number of unbranched alkanes of at least 4 members (excludes halogenated alkanes) is 6. The number of hydrogen-bond donors (Lipinski definition) is 1. The Morgan fingerprint density at radius 2 is 1.68 bits per heavy atom. The van der Waals surface area contributed by atoms with Crippen LogP contribution in [0.1, 0.15) is 76.5 Å². The van der Waals surface area contributed by atoms with Gasteiger partial charge in [0.25, 0.3) is 0 Å². The smallest absolute Gasteiger partial charge is 0.321 e. The molecule has 5 heteroatoms. The van der Waals surface area contributed by atoms with Crippen molar-refractivity contribution in [1.29, 1.82) is 5.26 Å². The molecule has 1 N–H and O–H groups in total. The molecule has 2 unspecified atom stereocenters. The summed E-state index contributed by atoms with van der Waals surface area (Å²) in [6, 6.07) is 10.0. The van der Waals surface area contributed by atoms with Gasteiger partial charge < -0.3 is 5.11 Å². The average molecular weight is 422 g/mol. The molecule has 1 aromatic carbocycles. The van der Waals surface area contributed by atoms with Crippen molar-refractivity contribution in [3.63, 3.8) is 0 Å². The number of carboxylic acids is 1. The number of carbonyl (C=O) groups is 1. The lowest BCUT2D eigenvalue weighted by atomic mass is 9.89. The average Bonchev–Trinajstić information content (AvgIpc) is 2.78. The van der Waals surface area contributed by atoms with Crippen LogP contribution in [0.5, 0.6) is 0 Å². The Morgan fingerprint density at radius 1 is 1.00 bits per heavy atom. The summed E-state index contributed by atoms with van der Waals surface area (Å²) in [5, 5.41) is 18.1. The van der Waals surface area contributed by atoms with Crippen LogP contribution in [-0.2, 0) is 17.6 Å². The molecule has 0 fully saturated rings. The highest BCUT2D eigenvalue weighted by Gasteiger charge is 2.23. The lowest BCUT2D eigenvalue weighted by molar-refractivity contribution is -0.141. The van der Waals surface area contributed by atoms with Gasteiger partial charge in [-0.15, -0.1) is 0 Å². The normalized spacial score (nSPS) is 12.8. The third-order valence-electron chi connectivity index (χ3n) is 5.85. The number of hydrogen-bond acceptors (Lipinski definition) is 4. The molecule has 0 saturated heterocycles. The SMILES string of the molecule is CCCCCCCCCc1cnc(-c2ccc(CCC(C)C(C#N)C(=O)O)cc2)cn1. The Kier molecular flexibility index (Phi) is 10.7. The number of benzene rings is 1. The number of nitrogens with zero attached hydrogens (tertiary/aromatic N) is 3. The van der Waals surface area contributed by atoms with Crippen LogP contribution in [0.3, 0.4) is 0 Å². The highest BCUT2D eigenvalue weighted by molar-refractivity contribution is 5.73. The molecule has 2 aromatic rings. The molecular formula is C26H35N3O2. The maximum Gasteiger partial charge on any atom is 0.321 e. The summed E-state index contributed by atoms with van der Waals surface area (Å²) < 4.78 is 0. The summed E-state index contributed by atoms with van der Waals surface area (Å²) in [5.74, 6) is -2.18. The zero-order valence-corrected chi connectivity index (χ0v) is 18.9. The Bertz CT molecular complexity index is 825. The van der Waals surface area contributed by atoms with Crippen LogP contribution in [-0.4, -0.2) is 21.0 Å². The molecule has 0 amide bonds. The van der Waals surface area contributed by atoms with Gasteiger partial charge in [0.2, 0.25) is 0 Å². The van der Waals surface area contributed by atoms with Gasteiger partial charge in [-0.05, 0) is 37.2 Å². The first kappa shape index (κ1) is 24.5. The first-order chi connectivity index (χ1) is 15.0. The number of nitriles is 1. The maximum atomic E-state index is 11.1. The molecule has 0 spiro atoms. The predicted molar refractivity (Wildman–Crippen MR) is 123 cm³/mol. The van der Waals surface area contributed by atoms with Gasteiger partial charge in [0.05, 0.1) is 23.7 Å². The van der Waals surface area contributed by atoms with E-state index in [1.165, 1.54) is 44.9 Å². The fourth-order valence-electron chi connectivity index (χ4n) is 3.73. The van der Waals surface area contributed by atoms with E-state index in [1.807, 2.05) is 49.7 Å². The molecule has 31 heavy (non-hydrogen) atoms.